The van der Waals surface area contributed by atoms with Crippen LogP contribution < -0.4 is 5.32 Å². The SMILES string of the molecule is CC(C)(C)N(C(=O)O)[C@H](C(=O)N1C[C@H]2CCCN2C[C@H]1C(=O)N[C@H]1c2ccccc2C[C@@H]1F)C1CCCCC1. The molecule has 39 heavy (non-hydrogen) atoms. The van der Waals surface area contributed by atoms with E-state index in [0.29, 0.717) is 13.1 Å². The van der Waals surface area contributed by atoms with Gasteiger partial charge in [0.05, 0.1) is 6.04 Å². The molecule has 4 aliphatic rings. The van der Waals surface area contributed by atoms with Crippen molar-refractivity contribution in [1.29, 1.82) is 0 Å². The second-order valence-corrected chi connectivity index (χ2v) is 12.9. The van der Waals surface area contributed by atoms with Crippen LogP contribution in [0.25, 0.3) is 0 Å². The number of fused-ring (bicyclic) bond motifs is 2. The van der Waals surface area contributed by atoms with Crippen LogP contribution in [0, 0.1) is 5.92 Å². The van der Waals surface area contributed by atoms with Crippen molar-refractivity contribution >= 4 is 17.9 Å². The fraction of sp³-hybridized carbons (Fsp3) is 0.700. The number of carboxylic acid groups (broad SMARTS) is 1. The maximum atomic E-state index is 15.1. The minimum atomic E-state index is -1.22. The molecular weight excluding hydrogens is 499 g/mol. The Morgan fingerprint density at radius 2 is 1.77 bits per heavy atom. The highest BCUT2D eigenvalue weighted by Crippen LogP contribution is 2.37. The van der Waals surface area contributed by atoms with Gasteiger partial charge in [-0.25, -0.2) is 9.18 Å². The van der Waals surface area contributed by atoms with Gasteiger partial charge in [0, 0.05) is 31.1 Å². The van der Waals surface area contributed by atoms with E-state index in [2.05, 4.69) is 10.2 Å². The molecule has 0 aromatic heterocycles. The normalized spacial score (nSPS) is 28.5. The summed E-state index contributed by atoms with van der Waals surface area (Å²) in [6.07, 6.45) is 4.45. The van der Waals surface area contributed by atoms with E-state index in [1.54, 1.807) is 4.90 Å². The lowest BCUT2D eigenvalue weighted by molar-refractivity contribution is -0.153. The first-order valence-corrected chi connectivity index (χ1v) is 14.7. The molecule has 5 atom stereocenters. The smallest absolute Gasteiger partial charge is 0.408 e. The molecule has 0 spiro atoms. The van der Waals surface area contributed by atoms with Crippen molar-refractivity contribution in [1.82, 2.24) is 20.0 Å². The van der Waals surface area contributed by atoms with Crippen molar-refractivity contribution in [2.45, 2.75) is 108 Å². The predicted octanol–water partition coefficient (Wildman–Crippen LogP) is 4.14. The van der Waals surface area contributed by atoms with Crippen molar-refractivity contribution < 1.29 is 23.9 Å². The first kappa shape index (κ1) is 27.9. The third-order valence-electron chi connectivity index (χ3n) is 9.30. The molecular formula is C30H43FN4O4. The summed E-state index contributed by atoms with van der Waals surface area (Å²) in [5.74, 6) is -0.739. The van der Waals surface area contributed by atoms with Gasteiger partial charge >= 0.3 is 6.09 Å². The Morgan fingerprint density at radius 3 is 2.46 bits per heavy atom. The molecule has 214 valence electrons. The summed E-state index contributed by atoms with van der Waals surface area (Å²) >= 11 is 0. The summed E-state index contributed by atoms with van der Waals surface area (Å²) in [5.41, 5.74) is 0.896. The molecule has 2 aliphatic carbocycles. The Bertz CT molecular complexity index is 1080. The van der Waals surface area contributed by atoms with E-state index in [4.69, 9.17) is 0 Å². The number of rotatable bonds is 5. The average Bonchev–Trinajstić information content (AvgIpc) is 3.49. The zero-order valence-electron chi connectivity index (χ0n) is 23.4. The number of alkyl halides is 1. The number of carbonyl (C=O) groups is 3. The van der Waals surface area contributed by atoms with E-state index in [0.717, 1.165) is 62.6 Å². The van der Waals surface area contributed by atoms with Gasteiger partial charge in [0.2, 0.25) is 11.8 Å². The van der Waals surface area contributed by atoms with Crippen LogP contribution in [0.15, 0.2) is 24.3 Å². The van der Waals surface area contributed by atoms with Crippen LogP contribution in [0.3, 0.4) is 0 Å². The lowest BCUT2D eigenvalue weighted by Gasteiger charge is -2.48. The zero-order valence-corrected chi connectivity index (χ0v) is 23.4. The van der Waals surface area contributed by atoms with Gasteiger partial charge in [-0.3, -0.25) is 19.4 Å². The molecule has 2 N–H and O–H groups in total. The molecule has 1 aromatic carbocycles. The van der Waals surface area contributed by atoms with Gasteiger partial charge in [-0.2, -0.15) is 0 Å². The highest BCUT2D eigenvalue weighted by atomic mass is 19.1. The summed E-state index contributed by atoms with van der Waals surface area (Å²) in [6, 6.07) is 5.22. The highest BCUT2D eigenvalue weighted by molar-refractivity contribution is 5.92. The summed E-state index contributed by atoms with van der Waals surface area (Å²) in [7, 11) is 0. The Morgan fingerprint density at radius 1 is 1.05 bits per heavy atom. The molecule has 2 aliphatic heterocycles. The predicted molar refractivity (Wildman–Crippen MR) is 146 cm³/mol. The number of halogens is 1. The second kappa shape index (κ2) is 11.1. The van der Waals surface area contributed by atoms with Gasteiger partial charge < -0.3 is 15.3 Å². The number of hydrogen-bond acceptors (Lipinski definition) is 4. The Kier molecular flexibility index (Phi) is 7.91. The lowest BCUT2D eigenvalue weighted by Crippen LogP contribution is -2.68. The van der Waals surface area contributed by atoms with Gasteiger partial charge in [0.15, 0.2) is 0 Å². The number of piperazine rings is 1. The molecule has 0 radical (unpaired) electrons. The summed E-state index contributed by atoms with van der Waals surface area (Å²) in [5, 5.41) is 13.3. The van der Waals surface area contributed by atoms with E-state index in [1.165, 1.54) is 4.90 Å². The molecule has 5 rings (SSSR count). The van der Waals surface area contributed by atoms with Crippen molar-refractivity contribution in [3.63, 3.8) is 0 Å². The molecule has 8 nitrogen and oxygen atoms in total. The van der Waals surface area contributed by atoms with Crippen LogP contribution in [0.1, 0.15) is 82.9 Å². The van der Waals surface area contributed by atoms with Gasteiger partial charge in [-0.1, -0.05) is 43.5 Å². The van der Waals surface area contributed by atoms with Crippen LogP contribution in [0.5, 0.6) is 0 Å². The standard InChI is InChI=1S/C30H43FN4O4/c1-30(2,3)35(29(38)39)26(19-10-5-4-6-11-19)28(37)34-17-21-13-9-15-33(21)18-24(34)27(36)32-25-22-14-8-7-12-20(22)16-23(25)31/h7-8,12,14,19,21,23-26H,4-6,9-11,13,15-18H2,1-3H3,(H,32,36)(H,38,39)/t21-,23+,24+,25+,26+/m1/s1. The Labute approximate surface area is 230 Å². The maximum Gasteiger partial charge on any atom is 0.408 e. The molecule has 0 bridgehead atoms. The van der Waals surface area contributed by atoms with Crippen molar-refractivity contribution in [2.75, 3.05) is 19.6 Å². The summed E-state index contributed by atoms with van der Waals surface area (Å²) in [4.78, 5) is 46.3. The monoisotopic (exact) mass is 542 g/mol. The number of carbonyl (C=O) groups excluding carboxylic acids is 2. The van der Waals surface area contributed by atoms with Gasteiger partial charge in [-0.05, 0) is 70.0 Å². The summed E-state index contributed by atoms with van der Waals surface area (Å²) < 4.78 is 15.1. The van der Waals surface area contributed by atoms with Gasteiger partial charge in [-0.15, -0.1) is 0 Å². The van der Waals surface area contributed by atoms with E-state index in [-0.39, 0.29) is 30.2 Å². The Balaban J connectivity index is 1.46. The highest BCUT2D eigenvalue weighted by Gasteiger charge is 2.49. The minimum absolute atomic E-state index is 0.0937. The third kappa shape index (κ3) is 5.52. The van der Waals surface area contributed by atoms with E-state index in [1.807, 2.05) is 45.0 Å². The van der Waals surface area contributed by atoms with Crippen LogP contribution in [-0.2, 0) is 16.0 Å². The number of amides is 3. The number of hydrogen-bond donors (Lipinski definition) is 2. The van der Waals surface area contributed by atoms with E-state index < -0.39 is 35.9 Å². The fourth-order valence-corrected chi connectivity index (χ4v) is 7.42. The van der Waals surface area contributed by atoms with Crippen LogP contribution >= 0.6 is 0 Å². The number of benzene rings is 1. The van der Waals surface area contributed by atoms with Crippen LogP contribution in [-0.4, -0.2) is 87.2 Å². The van der Waals surface area contributed by atoms with Gasteiger partial charge in [0.25, 0.3) is 0 Å². The number of nitrogens with zero attached hydrogens (tertiary/aromatic N) is 3. The van der Waals surface area contributed by atoms with E-state index >= 15 is 4.39 Å². The average molecular weight is 543 g/mol. The molecule has 2 saturated heterocycles. The zero-order chi connectivity index (χ0) is 27.9. The molecule has 0 unspecified atom stereocenters. The van der Waals surface area contributed by atoms with Crippen LogP contribution in [0.4, 0.5) is 9.18 Å². The first-order chi connectivity index (χ1) is 18.6. The molecule has 2 heterocycles. The fourth-order valence-electron chi connectivity index (χ4n) is 7.42. The second-order valence-electron chi connectivity index (χ2n) is 12.9. The number of nitrogens with one attached hydrogen (secondary N) is 1. The Hall–Kier alpha value is -2.68. The van der Waals surface area contributed by atoms with Crippen molar-refractivity contribution in [2.24, 2.45) is 5.92 Å². The van der Waals surface area contributed by atoms with Crippen molar-refractivity contribution in [3.05, 3.63) is 35.4 Å². The lowest BCUT2D eigenvalue weighted by atomic mass is 9.81. The molecule has 3 amide bonds. The minimum Gasteiger partial charge on any atom is -0.465 e. The summed E-state index contributed by atoms with van der Waals surface area (Å²) in [6.45, 7) is 7.10. The van der Waals surface area contributed by atoms with Crippen molar-refractivity contribution in [3.8, 4) is 0 Å². The molecule has 9 heteroatoms. The molecule has 1 saturated carbocycles. The largest absolute Gasteiger partial charge is 0.465 e. The first-order valence-electron chi connectivity index (χ1n) is 14.7. The van der Waals surface area contributed by atoms with Crippen LogP contribution in [0.2, 0.25) is 0 Å². The molecule has 3 fully saturated rings. The van der Waals surface area contributed by atoms with Gasteiger partial charge in [0.1, 0.15) is 18.3 Å². The van der Waals surface area contributed by atoms with E-state index in [9.17, 15) is 19.5 Å². The topological polar surface area (TPSA) is 93.2 Å². The quantitative estimate of drug-likeness (QED) is 0.584. The molecule has 1 aromatic rings. The maximum absolute atomic E-state index is 15.1. The third-order valence-corrected chi connectivity index (χ3v) is 9.30.